The van der Waals surface area contributed by atoms with Crippen LogP contribution in [0.15, 0.2) is 24.3 Å². The van der Waals surface area contributed by atoms with E-state index in [1.807, 2.05) is 30.6 Å². The third-order valence-electron chi connectivity index (χ3n) is 2.56. The van der Waals surface area contributed by atoms with Crippen LogP contribution in [0.1, 0.15) is 24.8 Å². The SMILES string of the molecule is NCCCCC([C]=O)NCc1ccc(Cl)cc1. The summed E-state index contributed by atoms with van der Waals surface area (Å²) in [7, 11) is 0. The van der Waals surface area contributed by atoms with E-state index in [1.54, 1.807) is 0 Å². The minimum Gasteiger partial charge on any atom is -0.330 e. The van der Waals surface area contributed by atoms with Gasteiger partial charge in [0.2, 0.25) is 6.29 Å². The first-order valence-electron chi connectivity index (χ1n) is 5.82. The molecule has 3 nitrogen and oxygen atoms in total. The zero-order valence-electron chi connectivity index (χ0n) is 9.79. The molecule has 17 heavy (non-hydrogen) atoms. The molecule has 1 aromatic rings. The third-order valence-corrected chi connectivity index (χ3v) is 2.81. The third kappa shape index (κ3) is 5.82. The van der Waals surface area contributed by atoms with Crippen LogP contribution in [-0.4, -0.2) is 18.9 Å². The first kappa shape index (κ1) is 14.2. The molecule has 0 saturated heterocycles. The van der Waals surface area contributed by atoms with Crippen LogP contribution in [0.2, 0.25) is 5.02 Å². The van der Waals surface area contributed by atoms with Gasteiger partial charge in [0.15, 0.2) is 0 Å². The summed E-state index contributed by atoms with van der Waals surface area (Å²) in [5.41, 5.74) is 6.51. The lowest BCUT2D eigenvalue weighted by atomic mass is 10.1. The predicted octanol–water partition coefficient (Wildman–Crippen LogP) is 2.04. The minimum atomic E-state index is -0.211. The van der Waals surface area contributed by atoms with Crippen molar-refractivity contribution in [2.24, 2.45) is 5.73 Å². The predicted molar refractivity (Wildman–Crippen MR) is 70.7 cm³/mol. The van der Waals surface area contributed by atoms with Crippen molar-refractivity contribution in [3.63, 3.8) is 0 Å². The lowest BCUT2D eigenvalue weighted by molar-refractivity contribution is 0.489. The van der Waals surface area contributed by atoms with E-state index in [-0.39, 0.29) is 6.04 Å². The average molecular weight is 254 g/mol. The molecule has 4 heteroatoms. The lowest BCUT2D eigenvalue weighted by Crippen LogP contribution is -2.30. The quantitative estimate of drug-likeness (QED) is 0.697. The number of hydrogen-bond donors (Lipinski definition) is 2. The first-order chi connectivity index (χ1) is 8.26. The zero-order valence-corrected chi connectivity index (χ0v) is 10.5. The largest absolute Gasteiger partial charge is 0.330 e. The molecule has 0 spiro atoms. The highest BCUT2D eigenvalue weighted by molar-refractivity contribution is 6.30. The van der Waals surface area contributed by atoms with E-state index in [9.17, 15) is 4.79 Å². The number of rotatable bonds is 8. The number of halogens is 1. The fourth-order valence-corrected chi connectivity index (χ4v) is 1.66. The molecule has 0 aliphatic heterocycles. The standard InChI is InChI=1S/C13H18ClN2O/c14-12-6-4-11(5-7-12)9-16-13(10-17)3-1-2-8-15/h4-7,13,16H,1-3,8-9,15H2. The van der Waals surface area contributed by atoms with Gasteiger partial charge in [0.25, 0.3) is 0 Å². The zero-order chi connectivity index (χ0) is 12.5. The first-order valence-corrected chi connectivity index (χ1v) is 6.19. The fourth-order valence-electron chi connectivity index (χ4n) is 1.54. The topological polar surface area (TPSA) is 55.1 Å². The Kier molecular flexibility index (Phi) is 6.86. The molecule has 0 fully saturated rings. The highest BCUT2D eigenvalue weighted by atomic mass is 35.5. The van der Waals surface area contributed by atoms with Crippen LogP contribution >= 0.6 is 11.6 Å². The summed E-state index contributed by atoms with van der Waals surface area (Å²) < 4.78 is 0. The Bertz CT molecular complexity index is 327. The van der Waals surface area contributed by atoms with Crippen molar-refractivity contribution in [2.75, 3.05) is 6.54 Å². The van der Waals surface area contributed by atoms with Gasteiger partial charge in [0.1, 0.15) is 0 Å². The number of carbonyl (C=O) groups excluding carboxylic acids is 1. The molecular weight excluding hydrogens is 236 g/mol. The molecule has 93 valence electrons. The van der Waals surface area contributed by atoms with Crippen molar-refractivity contribution in [2.45, 2.75) is 31.8 Å². The molecule has 0 aromatic heterocycles. The number of unbranched alkanes of at least 4 members (excludes halogenated alkanes) is 1. The number of nitrogens with one attached hydrogen (secondary N) is 1. The van der Waals surface area contributed by atoms with Crippen molar-refractivity contribution in [3.8, 4) is 0 Å². The molecule has 3 N–H and O–H groups in total. The Morgan fingerprint density at radius 1 is 1.29 bits per heavy atom. The Morgan fingerprint density at radius 3 is 2.59 bits per heavy atom. The summed E-state index contributed by atoms with van der Waals surface area (Å²) in [4.78, 5) is 10.7. The van der Waals surface area contributed by atoms with Crippen LogP contribution in [0, 0.1) is 0 Å². The van der Waals surface area contributed by atoms with Crippen LogP contribution in [-0.2, 0) is 11.3 Å². The van der Waals surface area contributed by atoms with Crippen molar-refractivity contribution < 1.29 is 4.79 Å². The smallest absolute Gasteiger partial charge is 0.216 e. The normalized spacial score (nSPS) is 12.4. The van der Waals surface area contributed by atoms with Crippen molar-refractivity contribution in [3.05, 3.63) is 34.9 Å². The Labute approximate surface area is 107 Å². The highest BCUT2D eigenvalue weighted by Gasteiger charge is 2.06. The van der Waals surface area contributed by atoms with Crippen LogP contribution in [0.25, 0.3) is 0 Å². The van der Waals surface area contributed by atoms with Gasteiger partial charge in [-0.3, -0.25) is 4.79 Å². The van der Waals surface area contributed by atoms with Crippen LogP contribution in [0.3, 0.4) is 0 Å². The van der Waals surface area contributed by atoms with Crippen LogP contribution in [0.5, 0.6) is 0 Å². The molecule has 1 atom stereocenters. The minimum absolute atomic E-state index is 0.211. The number of hydrogen-bond acceptors (Lipinski definition) is 3. The summed E-state index contributed by atoms with van der Waals surface area (Å²) >= 11 is 5.79. The Balaban J connectivity index is 2.31. The molecule has 1 radical (unpaired) electrons. The van der Waals surface area contributed by atoms with E-state index < -0.39 is 0 Å². The Morgan fingerprint density at radius 2 is 2.00 bits per heavy atom. The average Bonchev–Trinajstić information content (AvgIpc) is 2.35. The van der Waals surface area contributed by atoms with Gasteiger partial charge in [-0.2, -0.15) is 0 Å². The van der Waals surface area contributed by atoms with Crippen molar-refractivity contribution in [1.82, 2.24) is 5.32 Å². The van der Waals surface area contributed by atoms with E-state index in [1.165, 1.54) is 0 Å². The molecule has 1 aromatic carbocycles. The van der Waals surface area contributed by atoms with Gasteiger partial charge in [-0.05, 0) is 37.1 Å². The maximum Gasteiger partial charge on any atom is 0.216 e. The van der Waals surface area contributed by atoms with Gasteiger partial charge < -0.3 is 11.1 Å². The van der Waals surface area contributed by atoms with E-state index >= 15 is 0 Å². The molecular formula is C13H18ClN2O. The summed E-state index contributed by atoms with van der Waals surface area (Å²) in [5.74, 6) is 0. The van der Waals surface area contributed by atoms with E-state index in [4.69, 9.17) is 17.3 Å². The van der Waals surface area contributed by atoms with Crippen molar-refractivity contribution in [1.29, 1.82) is 0 Å². The molecule has 1 rings (SSSR count). The van der Waals surface area contributed by atoms with Gasteiger partial charge in [-0.25, -0.2) is 0 Å². The summed E-state index contributed by atoms with van der Waals surface area (Å²) in [5, 5.41) is 3.87. The molecule has 0 amide bonds. The maximum absolute atomic E-state index is 10.7. The fraction of sp³-hybridized carbons (Fsp3) is 0.462. The molecule has 0 heterocycles. The highest BCUT2D eigenvalue weighted by Crippen LogP contribution is 2.09. The second-order valence-electron chi connectivity index (χ2n) is 3.96. The summed E-state index contributed by atoms with van der Waals surface area (Å²) in [6.07, 6.45) is 4.69. The number of benzene rings is 1. The van der Waals surface area contributed by atoms with Gasteiger partial charge in [0.05, 0.1) is 6.04 Å². The molecule has 1 unspecified atom stereocenters. The lowest BCUT2D eigenvalue weighted by Gasteiger charge is -2.11. The van der Waals surface area contributed by atoms with Crippen LogP contribution in [0.4, 0.5) is 0 Å². The van der Waals surface area contributed by atoms with E-state index in [0.29, 0.717) is 13.1 Å². The van der Waals surface area contributed by atoms with Gasteiger partial charge in [-0.1, -0.05) is 30.2 Å². The molecule has 0 saturated carbocycles. The summed E-state index contributed by atoms with van der Waals surface area (Å²) in [6.45, 7) is 1.32. The molecule has 0 aliphatic carbocycles. The van der Waals surface area contributed by atoms with Crippen LogP contribution < -0.4 is 11.1 Å². The molecule has 0 aliphatic rings. The van der Waals surface area contributed by atoms with E-state index in [0.717, 1.165) is 29.8 Å². The second kappa shape index (κ2) is 8.23. The summed E-state index contributed by atoms with van der Waals surface area (Å²) in [6, 6.07) is 7.35. The molecule has 0 bridgehead atoms. The number of nitrogens with two attached hydrogens (primary N) is 1. The van der Waals surface area contributed by atoms with Gasteiger partial charge >= 0.3 is 0 Å². The van der Waals surface area contributed by atoms with Crippen molar-refractivity contribution >= 4 is 17.9 Å². The Hall–Kier alpha value is -0.900. The van der Waals surface area contributed by atoms with E-state index in [2.05, 4.69) is 5.32 Å². The van der Waals surface area contributed by atoms with Gasteiger partial charge in [-0.15, -0.1) is 0 Å². The monoisotopic (exact) mass is 253 g/mol. The second-order valence-corrected chi connectivity index (χ2v) is 4.40. The maximum atomic E-state index is 10.7. The van der Waals surface area contributed by atoms with Gasteiger partial charge in [0, 0.05) is 11.6 Å².